The van der Waals surface area contributed by atoms with Crippen molar-refractivity contribution in [3.05, 3.63) is 243 Å². The Kier molecular flexibility index (Phi) is 9.16. The molecule has 356 valence electrons. The minimum atomic E-state index is -2.34. The number of hydrogen-bond donors (Lipinski definition) is 0. The van der Waals surface area contributed by atoms with E-state index >= 15 is 0 Å². The standard InChI is InChI=1S/C74H52Si2/c1-75(2)65-43-51(69-57-27-13-9-23-53(57)67(54-24-10-14-28-58(54)69)49-35-33-45-19-5-7-21-47(45)41-49)37-39-63(65)71-61-31-17-18-32-62(61)72-64-40-38-52(44-66(64)76(3,4)74(72)73(71)75)70-59-29-15-11-25-55(59)68(56-26-12-16-30-60(56)70)50-36-34-46-20-6-8-22-48(46)42-50/h5-44H,1-4H3. The zero-order valence-corrected chi connectivity index (χ0v) is 45.1. The van der Waals surface area contributed by atoms with Crippen LogP contribution < -0.4 is 20.7 Å². The maximum atomic E-state index is 2.66. The van der Waals surface area contributed by atoms with E-state index in [9.17, 15) is 0 Å². The van der Waals surface area contributed by atoms with E-state index in [-0.39, 0.29) is 0 Å². The van der Waals surface area contributed by atoms with Gasteiger partial charge in [0.15, 0.2) is 0 Å². The average molecular weight is 997 g/mol. The van der Waals surface area contributed by atoms with E-state index in [2.05, 4.69) is 269 Å². The lowest BCUT2D eigenvalue weighted by Crippen LogP contribution is -2.63. The molecule has 0 nitrogen and oxygen atoms in total. The maximum absolute atomic E-state index is 2.66. The van der Waals surface area contributed by atoms with Gasteiger partial charge in [0.25, 0.3) is 0 Å². The lowest BCUT2D eigenvalue weighted by atomic mass is 9.85. The minimum absolute atomic E-state index is 1.26. The molecule has 2 heterocycles. The molecule has 0 radical (unpaired) electrons. The van der Waals surface area contributed by atoms with Crippen molar-refractivity contribution in [2.24, 2.45) is 0 Å². The molecule has 0 amide bonds. The molecule has 0 fully saturated rings. The summed E-state index contributed by atoms with van der Waals surface area (Å²) in [6.45, 7) is 10.6. The Hall–Kier alpha value is -8.67. The van der Waals surface area contributed by atoms with Crippen molar-refractivity contribution in [1.29, 1.82) is 0 Å². The van der Waals surface area contributed by atoms with E-state index in [1.54, 1.807) is 20.7 Å². The first-order valence-electron chi connectivity index (χ1n) is 27.0. The molecule has 0 aliphatic carbocycles. The third kappa shape index (κ3) is 6.00. The summed E-state index contributed by atoms with van der Waals surface area (Å²) >= 11 is 0. The summed E-state index contributed by atoms with van der Waals surface area (Å²) in [6, 6.07) is 92.6. The Labute approximate surface area is 445 Å². The third-order valence-corrected chi connectivity index (χ3v) is 25.2. The van der Waals surface area contributed by atoms with Gasteiger partial charge in [0.2, 0.25) is 0 Å². The Balaban J connectivity index is 0.880. The highest BCUT2D eigenvalue weighted by Gasteiger charge is 2.49. The molecule has 0 spiro atoms. The van der Waals surface area contributed by atoms with Crippen molar-refractivity contribution in [3.8, 4) is 66.8 Å². The number of benzene rings is 14. The Morgan fingerprint density at radius 2 is 0.447 bits per heavy atom. The molecule has 16 rings (SSSR count). The highest BCUT2D eigenvalue weighted by molar-refractivity contribution is 7.13. The second-order valence-corrected chi connectivity index (χ2v) is 31.2. The summed E-state index contributed by atoms with van der Waals surface area (Å²) < 4.78 is 0. The molecule has 76 heavy (non-hydrogen) atoms. The monoisotopic (exact) mass is 996 g/mol. The molecule has 0 atom stereocenters. The summed E-state index contributed by atoms with van der Waals surface area (Å²) in [6.07, 6.45) is 0. The van der Waals surface area contributed by atoms with E-state index in [0.717, 1.165) is 0 Å². The van der Waals surface area contributed by atoms with Crippen LogP contribution in [0.5, 0.6) is 0 Å². The van der Waals surface area contributed by atoms with Crippen molar-refractivity contribution in [3.63, 3.8) is 0 Å². The molecular formula is C74H52Si2. The van der Waals surface area contributed by atoms with Gasteiger partial charge >= 0.3 is 0 Å². The van der Waals surface area contributed by atoms with Gasteiger partial charge in [0, 0.05) is 0 Å². The summed E-state index contributed by atoms with van der Waals surface area (Å²) in [4.78, 5) is 0. The van der Waals surface area contributed by atoms with Gasteiger partial charge in [-0.1, -0.05) is 257 Å². The van der Waals surface area contributed by atoms with E-state index in [4.69, 9.17) is 0 Å². The first-order valence-corrected chi connectivity index (χ1v) is 33.0. The Morgan fingerprint density at radius 1 is 0.211 bits per heavy atom. The van der Waals surface area contributed by atoms with Crippen LogP contribution in [0.15, 0.2) is 243 Å². The zero-order valence-electron chi connectivity index (χ0n) is 43.1. The second-order valence-electron chi connectivity index (χ2n) is 22.6. The summed E-state index contributed by atoms with van der Waals surface area (Å²) in [5, 5.41) is 24.7. The van der Waals surface area contributed by atoms with Crippen molar-refractivity contribution in [1.82, 2.24) is 0 Å². The zero-order chi connectivity index (χ0) is 50.6. The van der Waals surface area contributed by atoms with Gasteiger partial charge in [-0.2, -0.15) is 0 Å². The van der Waals surface area contributed by atoms with Crippen molar-refractivity contribution >= 4 is 112 Å². The van der Waals surface area contributed by atoms with Crippen LogP contribution in [0.2, 0.25) is 26.2 Å². The van der Waals surface area contributed by atoms with Crippen molar-refractivity contribution in [2.75, 3.05) is 0 Å². The van der Waals surface area contributed by atoms with Crippen molar-refractivity contribution in [2.45, 2.75) is 26.2 Å². The Bertz CT molecular complexity index is 4460. The molecule has 14 aromatic rings. The lowest BCUT2D eigenvalue weighted by Gasteiger charge is -2.29. The predicted octanol–water partition coefficient (Wildman–Crippen LogP) is 18.0. The van der Waals surface area contributed by atoms with E-state index in [0.29, 0.717) is 0 Å². The molecule has 2 heteroatoms. The minimum Gasteiger partial charge on any atom is -0.0616 e. The largest absolute Gasteiger partial charge is 0.113 e. The van der Waals surface area contributed by atoms with Crippen LogP contribution in [-0.4, -0.2) is 16.1 Å². The smallest absolute Gasteiger partial charge is 0.0616 e. The predicted molar refractivity (Wildman–Crippen MR) is 335 cm³/mol. The fourth-order valence-electron chi connectivity index (χ4n) is 14.6. The van der Waals surface area contributed by atoms with Gasteiger partial charge in [0.1, 0.15) is 16.1 Å². The lowest BCUT2D eigenvalue weighted by molar-refractivity contribution is 1.67. The highest BCUT2D eigenvalue weighted by atomic mass is 28.3. The molecule has 0 saturated heterocycles. The topological polar surface area (TPSA) is 0 Å². The molecule has 0 aromatic heterocycles. The fourth-order valence-corrected chi connectivity index (χ4v) is 23.1. The van der Waals surface area contributed by atoms with Crippen LogP contribution in [0.3, 0.4) is 0 Å². The van der Waals surface area contributed by atoms with Crippen LogP contribution in [0.25, 0.3) is 142 Å². The van der Waals surface area contributed by atoms with Crippen molar-refractivity contribution < 1.29 is 0 Å². The molecule has 0 unspecified atom stereocenters. The molecule has 0 N–H and O–H groups in total. The number of rotatable bonds is 4. The third-order valence-electron chi connectivity index (χ3n) is 17.9. The van der Waals surface area contributed by atoms with Crippen LogP contribution in [0, 0.1) is 0 Å². The first-order chi connectivity index (χ1) is 37.2. The van der Waals surface area contributed by atoms with E-state index in [1.807, 2.05) is 0 Å². The van der Waals surface area contributed by atoms with Gasteiger partial charge in [-0.15, -0.1) is 0 Å². The normalized spacial score (nSPS) is 14.0. The SMILES string of the molecule is C[Si]1(C)c2cc(-c3c4ccccc4c(-c4ccc5ccccc5c4)c4ccccc34)ccc2-c2c1c1c(c3ccccc23)-c2ccc(-c3c4ccccc4c(-c4ccc5ccccc5c4)c4ccccc34)cc2[Si]1(C)C. The number of fused-ring (bicyclic) bond motifs is 16. The Morgan fingerprint density at radius 3 is 0.750 bits per heavy atom. The second kappa shape index (κ2) is 15.9. The van der Waals surface area contributed by atoms with Gasteiger partial charge in [-0.05, 0) is 175 Å². The highest BCUT2D eigenvalue weighted by Crippen LogP contribution is 2.49. The maximum Gasteiger partial charge on any atom is 0.113 e. The van der Waals surface area contributed by atoms with Crippen LogP contribution >= 0.6 is 0 Å². The molecule has 2 aliphatic heterocycles. The molecule has 0 saturated carbocycles. The van der Waals surface area contributed by atoms with Gasteiger partial charge in [0.05, 0.1) is 0 Å². The van der Waals surface area contributed by atoms with Crippen LogP contribution in [0.4, 0.5) is 0 Å². The summed E-state index contributed by atoms with van der Waals surface area (Å²) in [7, 11) is -4.69. The van der Waals surface area contributed by atoms with Gasteiger partial charge in [-0.3, -0.25) is 0 Å². The van der Waals surface area contributed by atoms with Gasteiger partial charge in [-0.25, -0.2) is 0 Å². The summed E-state index contributed by atoms with van der Waals surface area (Å²) in [5.41, 5.74) is 16.2. The quantitative estimate of drug-likeness (QED) is 0.122. The van der Waals surface area contributed by atoms with E-state index < -0.39 is 16.1 Å². The van der Waals surface area contributed by atoms with E-state index in [1.165, 1.54) is 142 Å². The summed E-state index contributed by atoms with van der Waals surface area (Å²) in [5.74, 6) is 0. The number of hydrogen-bond acceptors (Lipinski definition) is 0. The van der Waals surface area contributed by atoms with Crippen LogP contribution in [-0.2, 0) is 0 Å². The molecule has 14 aromatic carbocycles. The molecular weight excluding hydrogens is 945 g/mol. The fraction of sp³-hybridized carbons (Fsp3) is 0.0541. The van der Waals surface area contributed by atoms with Gasteiger partial charge < -0.3 is 0 Å². The molecule has 2 aliphatic rings. The molecule has 0 bridgehead atoms. The first kappa shape index (κ1) is 43.7. The average Bonchev–Trinajstić information content (AvgIpc) is 4.01. The van der Waals surface area contributed by atoms with Crippen LogP contribution in [0.1, 0.15) is 0 Å².